The van der Waals surface area contributed by atoms with Crippen molar-refractivity contribution in [3.8, 4) is 0 Å². The topological polar surface area (TPSA) is 110 Å². The van der Waals surface area contributed by atoms with Gasteiger partial charge in [0.15, 0.2) is 0 Å². The van der Waals surface area contributed by atoms with E-state index in [9.17, 15) is 4.79 Å². The van der Waals surface area contributed by atoms with Crippen molar-refractivity contribution in [2.45, 2.75) is 25.1 Å². The molecule has 1 aliphatic heterocycles. The number of nitrogens with zero attached hydrogens (tertiary/aromatic N) is 2. The van der Waals surface area contributed by atoms with Crippen LogP contribution in [-0.4, -0.2) is 39.9 Å². The minimum absolute atomic E-state index is 0.142. The molecule has 7 nitrogen and oxygen atoms in total. The Labute approximate surface area is 118 Å². The molecule has 2 aromatic rings. The second-order valence-corrected chi connectivity index (χ2v) is 5.55. The van der Waals surface area contributed by atoms with Crippen LogP contribution in [0.4, 0.5) is 5.95 Å². The van der Waals surface area contributed by atoms with E-state index in [-0.39, 0.29) is 17.8 Å². The van der Waals surface area contributed by atoms with Gasteiger partial charge in [-0.2, -0.15) is 0 Å². The van der Waals surface area contributed by atoms with Crippen molar-refractivity contribution in [2.24, 2.45) is 5.73 Å². The molecule has 1 fully saturated rings. The Morgan fingerprint density at radius 2 is 2.45 bits per heavy atom. The van der Waals surface area contributed by atoms with Crippen LogP contribution in [0.2, 0.25) is 0 Å². The summed E-state index contributed by atoms with van der Waals surface area (Å²) in [7, 11) is 0. The number of fused-ring (bicyclic) bond motifs is 1. The first kappa shape index (κ1) is 13.2. The number of carboxylic acid groups (broad SMARTS) is 1. The number of nitrogens with one attached hydrogen (secondary N) is 1. The summed E-state index contributed by atoms with van der Waals surface area (Å²) in [4.78, 5) is 19.6. The standard InChI is InChI=1S/C12H14N4O3S/c13-9-3-6(1-2-19-9)15-12-14-4-8-10(16-12)7(5-20-8)11(17)18/h4-6,9H,1-3,13H2,(H,17,18)(H,14,15,16)/t6-,9-/m1/s1. The zero-order valence-corrected chi connectivity index (χ0v) is 11.4. The van der Waals surface area contributed by atoms with Crippen molar-refractivity contribution in [2.75, 3.05) is 11.9 Å². The van der Waals surface area contributed by atoms with Crippen LogP contribution in [0.25, 0.3) is 10.2 Å². The van der Waals surface area contributed by atoms with E-state index in [1.54, 1.807) is 11.6 Å². The number of carbonyl (C=O) groups is 1. The Morgan fingerprint density at radius 1 is 1.60 bits per heavy atom. The molecule has 0 radical (unpaired) electrons. The molecule has 0 saturated carbocycles. The second-order valence-electron chi connectivity index (χ2n) is 4.64. The van der Waals surface area contributed by atoms with Crippen LogP contribution in [0.1, 0.15) is 23.2 Å². The number of anilines is 1. The van der Waals surface area contributed by atoms with Gasteiger partial charge in [0.25, 0.3) is 0 Å². The van der Waals surface area contributed by atoms with Gasteiger partial charge in [-0.3, -0.25) is 0 Å². The fourth-order valence-electron chi connectivity index (χ4n) is 2.19. The van der Waals surface area contributed by atoms with Gasteiger partial charge in [-0.05, 0) is 6.42 Å². The minimum Gasteiger partial charge on any atom is -0.478 e. The summed E-state index contributed by atoms with van der Waals surface area (Å²) in [5.41, 5.74) is 6.41. The molecule has 8 heteroatoms. The predicted molar refractivity (Wildman–Crippen MR) is 74.9 cm³/mol. The molecule has 0 aromatic carbocycles. The van der Waals surface area contributed by atoms with Gasteiger partial charge in [-0.15, -0.1) is 11.3 Å². The van der Waals surface area contributed by atoms with E-state index in [2.05, 4.69) is 15.3 Å². The Bertz CT molecular complexity index is 645. The van der Waals surface area contributed by atoms with E-state index in [0.717, 1.165) is 11.1 Å². The van der Waals surface area contributed by atoms with E-state index < -0.39 is 5.97 Å². The SMILES string of the molecule is N[C@H]1C[C@H](Nc2ncc3scc(C(=O)O)c3n2)CCO1. The first-order valence-corrected chi connectivity index (χ1v) is 7.12. The highest BCUT2D eigenvalue weighted by Gasteiger charge is 2.21. The van der Waals surface area contributed by atoms with Crippen molar-refractivity contribution in [1.29, 1.82) is 0 Å². The smallest absolute Gasteiger partial charge is 0.338 e. The fourth-order valence-corrected chi connectivity index (χ4v) is 3.03. The van der Waals surface area contributed by atoms with E-state index in [1.165, 1.54) is 11.3 Å². The molecule has 20 heavy (non-hydrogen) atoms. The zero-order chi connectivity index (χ0) is 14.1. The van der Waals surface area contributed by atoms with Crippen molar-refractivity contribution >= 4 is 33.5 Å². The lowest BCUT2D eigenvalue weighted by atomic mass is 10.1. The monoisotopic (exact) mass is 294 g/mol. The lowest BCUT2D eigenvalue weighted by molar-refractivity contribution is 0.0154. The highest BCUT2D eigenvalue weighted by Crippen LogP contribution is 2.25. The normalized spacial score (nSPS) is 22.9. The number of hydrogen-bond acceptors (Lipinski definition) is 7. The number of hydrogen-bond donors (Lipinski definition) is 3. The molecule has 3 rings (SSSR count). The van der Waals surface area contributed by atoms with Crippen molar-refractivity contribution < 1.29 is 14.6 Å². The molecular formula is C12H14N4O3S. The van der Waals surface area contributed by atoms with Gasteiger partial charge in [0.2, 0.25) is 5.95 Å². The first-order valence-electron chi connectivity index (χ1n) is 6.25. The van der Waals surface area contributed by atoms with Gasteiger partial charge in [-0.1, -0.05) is 0 Å². The number of nitrogens with two attached hydrogens (primary N) is 1. The molecule has 3 heterocycles. The van der Waals surface area contributed by atoms with Gasteiger partial charge in [0.1, 0.15) is 11.7 Å². The molecule has 0 bridgehead atoms. The van der Waals surface area contributed by atoms with Crippen molar-refractivity contribution in [3.63, 3.8) is 0 Å². The van der Waals surface area contributed by atoms with Crippen LogP contribution >= 0.6 is 11.3 Å². The van der Waals surface area contributed by atoms with Gasteiger partial charge in [0.05, 0.1) is 23.1 Å². The molecule has 0 unspecified atom stereocenters. The molecule has 0 amide bonds. The second kappa shape index (κ2) is 5.31. The lowest BCUT2D eigenvalue weighted by Gasteiger charge is -2.27. The van der Waals surface area contributed by atoms with Crippen LogP contribution in [0.3, 0.4) is 0 Å². The number of ether oxygens (including phenoxy) is 1. The maximum Gasteiger partial charge on any atom is 0.338 e. The number of aromatic nitrogens is 2. The van der Waals surface area contributed by atoms with Gasteiger partial charge < -0.3 is 20.9 Å². The Morgan fingerprint density at radius 3 is 3.20 bits per heavy atom. The number of aromatic carboxylic acids is 1. The molecule has 0 aliphatic carbocycles. The van der Waals surface area contributed by atoms with Crippen LogP contribution in [0, 0.1) is 0 Å². The summed E-state index contributed by atoms with van der Waals surface area (Å²) in [6.45, 7) is 0.597. The third kappa shape index (κ3) is 2.58. The molecule has 2 atom stereocenters. The van der Waals surface area contributed by atoms with E-state index in [1.807, 2.05) is 0 Å². The van der Waals surface area contributed by atoms with Gasteiger partial charge in [-0.25, -0.2) is 14.8 Å². The summed E-state index contributed by atoms with van der Waals surface area (Å²) in [6, 6.07) is 0.142. The zero-order valence-electron chi connectivity index (χ0n) is 10.6. The highest BCUT2D eigenvalue weighted by molar-refractivity contribution is 7.17. The quantitative estimate of drug-likeness (QED) is 0.781. The molecule has 106 valence electrons. The van der Waals surface area contributed by atoms with Crippen LogP contribution in [-0.2, 0) is 4.74 Å². The Hall–Kier alpha value is -1.77. The van der Waals surface area contributed by atoms with Crippen molar-refractivity contribution in [3.05, 3.63) is 17.1 Å². The van der Waals surface area contributed by atoms with E-state index in [0.29, 0.717) is 24.5 Å². The molecule has 1 aliphatic rings. The Balaban J connectivity index is 1.84. The van der Waals surface area contributed by atoms with E-state index in [4.69, 9.17) is 15.6 Å². The fraction of sp³-hybridized carbons (Fsp3) is 0.417. The van der Waals surface area contributed by atoms with Crippen LogP contribution in [0.15, 0.2) is 11.6 Å². The van der Waals surface area contributed by atoms with Crippen molar-refractivity contribution in [1.82, 2.24) is 9.97 Å². The number of rotatable bonds is 3. The van der Waals surface area contributed by atoms with Crippen LogP contribution in [0.5, 0.6) is 0 Å². The molecule has 0 spiro atoms. The largest absolute Gasteiger partial charge is 0.478 e. The third-order valence-corrected chi connectivity index (χ3v) is 4.10. The van der Waals surface area contributed by atoms with Crippen LogP contribution < -0.4 is 11.1 Å². The van der Waals surface area contributed by atoms with Gasteiger partial charge >= 0.3 is 5.97 Å². The summed E-state index contributed by atoms with van der Waals surface area (Å²) in [5.74, 6) is -0.550. The summed E-state index contributed by atoms with van der Waals surface area (Å²) >= 11 is 1.32. The number of carboxylic acids is 1. The average molecular weight is 294 g/mol. The van der Waals surface area contributed by atoms with E-state index >= 15 is 0 Å². The lowest BCUT2D eigenvalue weighted by Crippen LogP contribution is -2.39. The molecule has 2 aromatic heterocycles. The maximum absolute atomic E-state index is 11.1. The Kier molecular flexibility index (Phi) is 3.51. The minimum atomic E-state index is -0.978. The number of thiophene rings is 1. The molecule has 4 N–H and O–H groups in total. The predicted octanol–water partition coefficient (Wildman–Crippen LogP) is 1.27. The first-order chi connectivity index (χ1) is 9.63. The molecule has 1 saturated heterocycles. The highest BCUT2D eigenvalue weighted by atomic mass is 32.1. The summed E-state index contributed by atoms with van der Waals surface area (Å²) in [6.07, 6.45) is 2.86. The summed E-state index contributed by atoms with van der Waals surface area (Å²) in [5, 5.41) is 13.9. The summed E-state index contributed by atoms with van der Waals surface area (Å²) < 4.78 is 6.04. The average Bonchev–Trinajstić information content (AvgIpc) is 2.82. The maximum atomic E-state index is 11.1. The third-order valence-electron chi connectivity index (χ3n) is 3.19. The van der Waals surface area contributed by atoms with Gasteiger partial charge in [0, 0.05) is 17.8 Å². The molecular weight excluding hydrogens is 280 g/mol.